The summed E-state index contributed by atoms with van der Waals surface area (Å²) in [6, 6.07) is 11.7. The summed E-state index contributed by atoms with van der Waals surface area (Å²) in [4.78, 5) is 27.2. The Morgan fingerprint density at radius 3 is 2.59 bits per heavy atom. The molecule has 3 aromatic rings. The third kappa shape index (κ3) is 4.60. The molecule has 0 spiro atoms. The molecule has 0 bridgehead atoms. The average Bonchev–Trinajstić information content (AvgIpc) is 3.15. The van der Waals surface area contributed by atoms with Crippen LogP contribution in [0.25, 0.3) is 5.69 Å². The molecule has 1 aliphatic carbocycles. The number of anilines is 1. The highest BCUT2D eigenvalue weighted by Gasteiger charge is 2.28. The molecule has 6 nitrogen and oxygen atoms in total. The van der Waals surface area contributed by atoms with Crippen molar-refractivity contribution in [2.24, 2.45) is 0 Å². The van der Waals surface area contributed by atoms with Crippen LogP contribution in [-0.4, -0.2) is 40.1 Å². The lowest BCUT2D eigenvalue weighted by atomic mass is 9.95. The van der Waals surface area contributed by atoms with Crippen molar-refractivity contribution in [2.45, 2.75) is 32.6 Å². The summed E-state index contributed by atoms with van der Waals surface area (Å²) in [6.07, 6.45) is 3.56. The first kappa shape index (κ1) is 22.2. The van der Waals surface area contributed by atoms with E-state index in [2.05, 4.69) is 26.3 Å². The van der Waals surface area contributed by atoms with Crippen molar-refractivity contribution in [3.8, 4) is 5.69 Å². The van der Waals surface area contributed by atoms with E-state index < -0.39 is 0 Å². The van der Waals surface area contributed by atoms with Gasteiger partial charge >= 0.3 is 0 Å². The zero-order chi connectivity index (χ0) is 22.8. The lowest BCUT2D eigenvalue weighted by Crippen LogP contribution is -2.35. The highest BCUT2D eigenvalue weighted by Crippen LogP contribution is 2.28. The number of hydrogen-bond acceptors (Lipinski definition) is 3. The van der Waals surface area contributed by atoms with Gasteiger partial charge in [-0.3, -0.25) is 9.59 Å². The smallest absolute Gasteiger partial charge is 0.274 e. The molecule has 0 atom stereocenters. The van der Waals surface area contributed by atoms with Crippen LogP contribution >= 0.6 is 15.9 Å². The van der Waals surface area contributed by atoms with Gasteiger partial charge in [0.25, 0.3) is 5.91 Å². The number of nitrogens with zero attached hydrogens (tertiary/aromatic N) is 3. The molecule has 2 amide bonds. The van der Waals surface area contributed by atoms with Gasteiger partial charge < -0.3 is 10.2 Å². The number of hydrogen-bond donors (Lipinski definition) is 1. The zero-order valence-corrected chi connectivity index (χ0v) is 19.6. The van der Waals surface area contributed by atoms with Crippen LogP contribution in [0.15, 0.2) is 46.9 Å². The van der Waals surface area contributed by atoms with Crippen LogP contribution in [0.3, 0.4) is 0 Å². The Balaban J connectivity index is 1.54. The summed E-state index contributed by atoms with van der Waals surface area (Å²) >= 11 is 3.41. The Bertz CT molecular complexity index is 1170. The van der Waals surface area contributed by atoms with Crippen molar-refractivity contribution in [2.75, 3.05) is 18.9 Å². The van der Waals surface area contributed by atoms with E-state index in [1.165, 1.54) is 17.0 Å². The lowest BCUT2D eigenvalue weighted by molar-refractivity contribution is -0.116. The number of fused-ring (bicyclic) bond motifs is 1. The van der Waals surface area contributed by atoms with Gasteiger partial charge in [0.2, 0.25) is 5.91 Å². The van der Waals surface area contributed by atoms with E-state index in [1.54, 1.807) is 23.9 Å². The minimum Gasteiger partial charge on any atom is -0.331 e. The predicted molar refractivity (Wildman–Crippen MR) is 125 cm³/mol. The van der Waals surface area contributed by atoms with E-state index in [0.29, 0.717) is 11.4 Å². The molecule has 32 heavy (non-hydrogen) atoms. The van der Waals surface area contributed by atoms with Gasteiger partial charge in [-0.2, -0.15) is 5.10 Å². The Hall–Kier alpha value is -3.00. The molecule has 1 N–H and O–H groups in total. The van der Waals surface area contributed by atoms with Gasteiger partial charge in [0, 0.05) is 28.5 Å². The van der Waals surface area contributed by atoms with E-state index in [1.807, 2.05) is 25.1 Å². The minimum absolute atomic E-state index is 0.0908. The number of halogens is 2. The second-order valence-electron chi connectivity index (χ2n) is 8.04. The predicted octanol–water partition coefficient (Wildman–Crippen LogP) is 4.67. The first-order valence-electron chi connectivity index (χ1n) is 10.5. The maximum Gasteiger partial charge on any atom is 0.274 e. The van der Waals surface area contributed by atoms with Crippen LogP contribution in [0.4, 0.5) is 10.1 Å². The number of amides is 2. The van der Waals surface area contributed by atoms with E-state index in [9.17, 15) is 14.0 Å². The topological polar surface area (TPSA) is 67.2 Å². The average molecular weight is 499 g/mol. The van der Waals surface area contributed by atoms with Crippen LogP contribution in [0.1, 0.15) is 40.2 Å². The molecule has 2 aromatic carbocycles. The molecule has 0 fully saturated rings. The number of carbonyl (C=O) groups is 2. The molecule has 0 radical (unpaired) electrons. The Kier molecular flexibility index (Phi) is 6.41. The highest BCUT2D eigenvalue weighted by molar-refractivity contribution is 9.10. The fourth-order valence-corrected chi connectivity index (χ4v) is 4.47. The summed E-state index contributed by atoms with van der Waals surface area (Å²) < 4.78 is 16.0. The third-order valence-electron chi connectivity index (χ3n) is 5.64. The molecular weight excluding hydrogens is 475 g/mol. The fraction of sp³-hybridized carbons (Fsp3) is 0.292. The Morgan fingerprint density at radius 1 is 1.16 bits per heavy atom. The molecule has 166 valence electrons. The van der Waals surface area contributed by atoms with Crippen molar-refractivity contribution in [3.63, 3.8) is 0 Å². The number of carbonyl (C=O) groups excluding carboxylic acids is 2. The molecule has 1 heterocycles. The second-order valence-corrected chi connectivity index (χ2v) is 8.95. The molecule has 4 rings (SSSR count). The van der Waals surface area contributed by atoms with Gasteiger partial charge in [-0.1, -0.05) is 15.9 Å². The van der Waals surface area contributed by atoms with Crippen LogP contribution in [0, 0.1) is 12.7 Å². The number of rotatable bonds is 5. The molecule has 0 unspecified atom stereocenters. The van der Waals surface area contributed by atoms with Crippen molar-refractivity contribution >= 4 is 33.4 Å². The molecule has 0 saturated heterocycles. The number of likely N-dealkylation sites (N-methyl/N-ethyl adjacent to an activating group) is 1. The Labute approximate surface area is 194 Å². The van der Waals surface area contributed by atoms with Crippen LogP contribution in [0.5, 0.6) is 0 Å². The number of aromatic nitrogens is 2. The van der Waals surface area contributed by atoms with Crippen molar-refractivity contribution in [1.29, 1.82) is 0 Å². The van der Waals surface area contributed by atoms with Gasteiger partial charge in [0.15, 0.2) is 5.69 Å². The van der Waals surface area contributed by atoms with E-state index >= 15 is 0 Å². The summed E-state index contributed by atoms with van der Waals surface area (Å²) in [5, 5.41) is 7.45. The van der Waals surface area contributed by atoms with E-state index in [0.717, 1.165) is 52.7 Å². The minimum atomic E-state index is -0.321. The normalized spacial score (nSPS) is 12.9. The third-order valence-corrected chi connectivity index (χ3v) is 6.14. The van der Waals surface area contributed by atoms with Crippen LogP contribution < -0.4 is 5.32 Å². The molecule has 0 aliphatic heterocycles. The number of nitrogens with one attached hydrogen (secondary N) is 1. The van der Waals surface area contributed by atoms with Crippen LogP contribution in [0.2, 0.25) is 0 Å². The summed E-state index contributed by atoms with van der Waals surface area (Å²) in [6.45, 7) is 1.82. The van der Waals surface area contributed by atoms with Crippen molar-refractivity contribution in [3.05, 3.63) is 75.3 Å². The van der Waals surface area contributed by atoms with Gasteiger partial charge in [0.05, 0.1) is 12.2 Å². The summed E-state index contributed by atoms with van der Waals surface area (Å²) in [7, 11) is 1.60. The SMILES string of the molecule is Cc1cc(Br)ccc1NC(=O)CN(C)C(=O)c1nn(-c2ccc(F)cc2)c2c1CCCC2. The van der Waals surface area contributed by atoms with Gasteiger partial charge in [0.1, 0.15) is 5.82 Å². The summed E-state index contributed by atoms with van der Waals surface area (Å²) in [5.41, 5.74) is 4.61. The van der Waals surface area contributed by atoms with Crippen LogP contribution in [-0.2, 0) is 17.6 Å². The lowest BCUT2D eigenvalue weighted by Gasteiger charge is -2.18. The zero-order valence-electron chi connectivity index (χ0n) is 18.0. The molecule has 1 aliphatic rings. The van der Waals surface area contributed by atoms with Gasteiger partial charge in [-0.25, -0.2) is 9.07 Å². The van der Waals surface area contributed by atoms with Gasteiger partial charge in [-0.05, 0) is 80.6 Å². The molecule has 0 saturated carbocycles. The maximum absolute atomic E-state index is 13.4. The Morgan fingerprint density at radius 2 is 1.88 bits per heavy atom. The largest absolute Gasteiger partial charge is 0.331 e. The number of benzene rings is 2. The van der Waals surface area contributed by atoms with E-state index in [4.69, 9.17) is 0 Å². The second kappa shape index (κ2) is 9.24. The monoisotopic (exact) mass is 498 g/mol. The van der Waals surface area contributed by atoms with E-state index in [-0.39, 0.29) is 24.2 Å². The fourth-order valence-electron chi connectivity index (χ4n) is 3.99. The molecular formula is C24H24BrFN4O2. The highest BCUT2D eigenvalue weighted by atomic mass is 79.9. The van der Waals surface area contributed by atoms with Crippen molar-refractivity contribution in [1.82, 2.24) is 14.7 Å². The maximum atomic E-state index is 13.4. The molecule has 1 aromatic heterocycles. The first-order valence-corrected chi connectivity index (χ1v) is 11.3. The summed E-state index contributed by atoms with van der Waals surface area (Å²) in [5.74, 6) is -0.900. The van der Waals surface area contributed by atoms with Gasteiger partial charge in [-0.15, -0.1) is 0 Å². The molecule has 8 heteroatoms. The quantitative estimate of drug-likeness (QED) is 0.555. The first-order chi connectivity index (χ1) is 15.3. The van der Waals surface area contributed by atoms with Crippen molar-refractivity contribution < 1.29 is 14.0 Å². The standard InChI is InChI=1S/C24H24BrFN4O2/c1-15-13-16(25)7-12-20(15)27-22(31)14-29(2)24(32)23-19-5-3-4-6-21(19)30(28-23)18-10-8-17(26)9-11-18/h7-13H,3-6,14H2,1-2H3,(H,27,31). The number of aryl methyl sites for hydroxylation is 1.